The summed E-state index contributed by atoms with van der Waals surface area (Å²) in [7, 11) is 4.62. The first-order valence-corrected chi connectivity index (χ1v) is 45.1. The number of fused-ring (bicyclic) bond motifs is 5. The van der Waals surface area contributed by atoms with Gasteiger partial charge < -0.3 is 107 Å². The molecular weight excluding hydrogens is 1640 g/mol. The molecule has 4 aliphatic rings. The molecule has 1 aliphatic carbocycles. The molecule has 15 atom stereocenters. The maximum Gasteiger partial charge on any atom is 0.329 e. The predicted octanol–water partition coefficient (Wildman–Crippen LogP) is 8.88. The number of amides is 2. The number of aromatic amines is 1. The second-order valence-corrected chi connectivity index (χ2v) is 33.6. The molecule has 1 unspecified atom stereocenters. The number of nitrogen functional groups attached to an aromatic ring is 1. The normalized spacial score (nSPS) is 26.5. The van der Waals surface area contributed by atoms with Crippen LogP contribution in [0.5, 0.6) is 5.75 Å². The number of ether oxygens (including phenoxy) is 15. The first-order chi connectivity index (χ1) is 61.4. The fraction of sp³-hybridized carbons (Fsp3) is 0.685. The van der Waals surface area contributed by atoms with E-state index in [1.807, 2.05) is 75.0 Å². The molecule has 2 saturated heterocycles. The number of aromatic nitrogens is 8. The SMILES string of the molecule is CO[C@H]1C[C@@H]2CC[C@@H](C)[C@@](O)(O2)C(=O)C(=O)N2CCCCC2C(=O)O[C@H]([C@H](C)C[C@@H]2CC[C@H](n3cc(COCCOCCOCCOCCOCCOCCOCCOCCOCCOCCC(=O)NCCCCn4nc(-c5cc6cc(O)ccc6[nH]5)c5c(N)ncnc54)nn3)[C@H](OC)C2)CC(=O)[C@H](C)/C=C(\C)[C@@H](O)[C@@H](OC)C(=O)[C@H](C)C[C@H](C)/C=C/C=C/C=C/1C. The lowest BCUT2D eigenvalue weighted by Crippen LogP contribution is -2.61. The van der Waals surface area contributed by atoms with Crippen LogP contribution in [0.3, 0.4) is 0 Å². The Morgan fingerprint density at radius 2 is 1.37 bits per heavy atom. The number of H-pyrrole nitrogens is 1. The number of cyclic esters (lactones) is 1. The number of rotatable bonds is 45. The molecule has 7 heterocycles. The van der Waals surface area contributed by atoms with Gasteiger partial charge in [-0.25, -0.2) is 24.1 Å². The summed E-state index contributed by atoms with van der Waals surface area (Å²) in [6.07, 6.45) is 16.6. The lowest BCUT2D eigenvalue weighted by Gasteiger charge is -2.42. The van der Waals surface area contributed by atoms with Gasteiger partial charge in [0.2, 0.25) is 11.7 Å². The van der Waals surface area contributed by atoms with Crippen molar-refractivity contribution in [3.8, 4) is 17.1 Å². The van der Waals surface area contributed by atoms with Gasteiger partial charge in [-0.2, -0.15) is 5.10 Å². The highest BCUT2D eigenvalue weighted by atomic mass is 16.6. The highest BCUT2D eigenvalue weighted by molar-refractivity contribution is 6.39. The Balaban J connectivity index is 0.587. The number of phenolic OH excluding ortho intramolecular Hbond substituents is 1. The minimum atomic E-state index is -2.47. The number of esters is 1. The third-order valence-electron chi connectivity index (χ3n) is 24.0. The van der Waals surface area contributed by atoms with Gasteiger partial charge >= 0.3 is 5.97 Å². The smallest absolute Gasteiger partial charge is 0.329 e. The molecule has 0 spiro atoms. The molecule has 0 radical (unpaired) electrons. The number of allylic oxidation sites excluding steroid dienone is 6. The van der Waals surface area contributed by atoms with E-state index in [0.29, 0.717) is 224 Å². The number of phenols is 1. The highest BCUT2D eigenvalue weighted by Crippen LogP contribution is 2.41. The van der Waals surface area contributed by atoms with E-state index in [2.05, 4.69) is 30.6 Å². The Labute approximate surface area is 745 Å². The number of nitrogens with one attached hydrogen (secondary N) is 2. The maximum absolute atomic E-state index is 14.8. The second kappa shape index (κ2) is 54.4. The number of nitrogens with two attached hydrogens (primary N) is 1. The topological polar surface area (TPSA) is 433 Å². The monoisotopic (exact) mass is 1780 g/mol. The number of aryl methyl sites for hydroxylation is 1. The highest BCUT2D eigenvalue weighted by Gasteiger charge is 2.53. The average molecular weight is 1780 g/mol. The number of nitrogens with zero attached hydrogens (tertiary/aromatic N) is 8. The summed E-state index contributed by atoms with van der Waals surface area (Å²) >= 11 is 0. The Morgan fingerprint density at radius 1 is 0.724 bits per heavy atom. The van der Waals surface area contributed by atoms with Crippen LogP contribution in [0.1, 0.15) is 157 Å². The zero-order chi connectivity index (χ0) is 91.0. The minimum absolute atomic E-state index is 0.0103. The van der Waals surface area contributed by atoms with E-state index in [0.717, 1.165) is 41.4 Å². The molecule has 3 aliphatic heterocycles. The number of ketones is 3. The molecule has 5 aromatic rings. The van der Waals surface area contributed by atoms with Crippen LogP contribution in [0.15, 0.2) is 84.4 Å². The van der Waals surface area contributed by atoms with Crippen LogP contribution in [0.4, 0.5) is 5.82 Å². The number of Topliss-reactive ketones (excluding diaryl/α,β-unsaturated/α-hetero) is 3. The first kappa shape index (κ1) is 103. The number of aliphatic hydroxyl groups excluding tert-OH is 1. The molecule has 1 saturated carbocycles. The molecule has 1 aromatic carbocycles. The van der Waals surface area contributed by atoms with Crippen molar-refractivity contribution in [1.29, 1.82) is 0 Å². The number of hydrogen-bond donors (Lipinski definition) is 6. The second-order valence-electron chi connectivity index (χ2n) is 33.6. The summed E-state index contributed by atoms with van der Waals surface area (Å²) in [5.41, 5.74) is 11.0. The number of carbonyl (C=O) groups is 6. The summed E-state index contributed by atoms with van der Waals surface area (Å²) in [4.78, 5) is 97.9. The minimum Gasteiger partial charge on any atom is -0.508 e. The van der Waals surface area contributed by atoms with Gasteiger partial charge in [0.1, 0.15) is 59.4 Å². The third-order valence-corrected chi connectivity index (χ3v) is 24.0. The lowest BCUT2D eigenvalue weighted by atomic mass is 9.77. The number of methoxy groups -OCH3 is 3. The number of anilines is 1. The van der Waals surface area contributed by atoms with Gasteiger partial charge in [-0.1, -0.05) is 76.3 Å². The van der Waals surface area contributed by atoms with Crippen molar-refractivity contribution >= 4 is 62.9 Å². The number of carbonyl (C=O) groups excluding carboxylic acids is 6. The average Bonchev–Trinajstić information content (AvgIpc) is 1.71. The van der Waals surface area contributed by atoms with E-state index in [4.69, 9.17) is 81.9 Å². The maximum atomic E-state index is 14.8. The van der Waals surface area contributed by atoms with E-state index in [9.17, 15) is 44.1 Å². The van der Waals surface area contributed by atoms with E-state index in [1.165, 1.54) is 18.3 Å². The van der Waals surface area contributed by atoms with E-state index in [1.54, 1.807) is 63.9 Å². The molecule has 2 amide bonds. The van der Waals surface area contributed by atoms with E-state index in [-0.39, 0.29) is 86.2 Å². The summed E-state index contributed by atoms with van der Waals surface area (Å²) in [6, 6.07) is 5.68. The standard InChI is InChI=1S/C92H139N11O24/c1-61-18-12-11-13-19-62(2)78(113-8)56-72-24-21-67(7)92(112,127-72)87(109)90(110)101-29-16-14-20-76(101)91(111)126-79(57-77(105)63(3)51-66(6)85(108)86(115-10)84(107)65(5)50-61)64(4)52-68-22-26-75(80(53-68)114-9)103-58-70(98-100-103)59-125-49-48-124-47-46-123-45-44-122-43-42-121-41-40-120-39-38-119-37-36-118-35-34-117-33-32-116-31-27-81(106)94-28-15-17-30-102-89-82(88(93)95-60-96-89)83(99-102)74-55-69-54-71(104)23-25-73(69)97-74/h11-13,18-19,23,25,51,54-55,58,60-61,63-65,67-68,72,75-76,78-80,85-86,97,104,108,112H,14-17,20-22,24,26-50,52-53,56-57,59H2,1-10H3,(H,94,106)(H2,93,95,96)/b13-11+,18-12+,62-19+,66-51+/t61-,63-,64-,65-,67-,68+,72+,75+,76?,78+,79+,80-,85-,86+,92-/m1/s1. The van der Waals surface area contributed by atoms with Crippen LogP contribution in [-0.4, -0.2) is 303 Å². The van der Waals surface area contributed by atoms with Crippen molar-refractivity contribution in [2.24, 2.45) is 35.5 Å². The van der Waals surface area contributed by atoms with Gasteiger partial charge in [0.05, 0.1) is 174 Å². The van der Waals surface area contributed by atoms with Gasteiger partial charge in [-0.15, -0.1) is 5.10 Å². The zero-order valence-corrected chi connectivity index (χ0v) is 76.0. The summed E-state index contributed by atoms with van der Waals surface area (Å²) < 4.78 is 90.4. The van der Waals surface area contributed by atoms with Crippen molar-refractivity contribution in [2.45, 2.75) is 212 Å². The number of aliphatic hydroxyl groups is 2. The molecule has 4 aromatic heterocycles. The number of piperidine rings is 1. The molecular formula is C92H139N11O24. The molecule has 35 nitrogen and oxygen atoms in total. The number of benzene rings is 1. The van der Waals surface area contributed by atoms with Crippen LogP contribution in [0, 0.1) is 35.5 Å². The summed E-state index contributed by atoms with van der Waals surface area (Å²) in [5.74, 6) is -7.93. The number of hydrogen-bond acceptors (Lipinski definition) is 30. The van der Waals surface area contributed by atoms with E-state index < -0.39 is 83.7 Å². The molecule has 7 N–H and O–H groups in total. The fourth-order valence-corrected chi connectivity index (χ4v) is 16.6. The van der Waals surface area contributed by atoms with Crippen molar-refractivity contribution < 1.29 is 115 Å². The van der Waals surface area contributed by atoms with Gasteiger partial charge in [0.25, 0.3) is 11.7 Å². The molecule has 35 heteroatoms. The van der Waals surface area contributed by atoms with Crippen molar-refractivity contribution in [3.05, 3.63) is 90.1 Å². The molecule has 3 fully saturated rings. The van der Waals surface area contributed by atoms with Gasteiger partial charge in [-0.05, 0) is 144 Å². The van der Waals surface area contributed by atoms with Crippen LogP contribution in [0.25, 0.3) is 33.3 Å². The summed E-state index contributed by atoms with van der Waals surface area (Å²) in [6.45, 7) is 21.6. The lowest BCUT2D eigenvalue weighted by molar-refractivity contribution is -0.265. The molecule has 127 heavy (non-hydrogen) atoms. The molecule has 2 bridgehead atoms. The Kier molecular flexibility index (Phi) is 43.9. The Hall–Kier alpha value is -8.21. The molecule has 706 valence electrons. The van der Waals surface area contributed by atoms with Crippen molar-refractivity contribution in [2.75, 3.05) is 166 Å². The van der Waals surface area contributed by atoms with Crippen molar-refractivity contribution in [3.63, 3.8) is 0 Å². The van der Waals surface area contributed by atoms with Gasteiger partial charge in [0.15, 0.2) is 11.4 Å². The zero-order valence-electron chi connectivity index (χ0n) is 76.0. The van der Waals surface area contributed by atoms with Gasteiger partial charge in [0, 0.05) is 88.9 Å². The first-order valence-electron chi connectivity index (χ1n) is 45.1. The quantitative estimate of drug-likeness (QED) is 0.00916. The Bertz CT molecular complexity index is 4320. The van der Waals surface area contributed by atoms with Crippen LogP contribution in [-0.2, 0) is 113 Å². The fourth-order valence-electron chi connectivity index (χ4n) is 16.6. The third kappa shape index (κ3) is 32.1. The van der Waals surface area contributed by atoms with Crippen LogP contribution >= 0.6 is 0 Å². The summed E-state index contributed by atoms with van der Waals surface area (Å²) in [5, 5.41) is 51.9. The number of aromatic hydroxyl groups is 1. The van der Waals surface area contributed by atoms with Crippen molar-refractivity contribution in [1.82, 2.24) is 49.9 Å². The largest absolute Gasteiger partial charge is 0.508 e. The van der Waals surface area contributed by atoms with Gasteiger partial charge in [-0.3, -0.25) is 24.0 Å². The van der Waals surface area contributed by atoms with Crippen LogP contribution < -0.4 is 11.1 Å². The van der Waals surface area contributed by atoms with Crippen LogP contribution in [0.2, 0.25) is 0 Å². The Morgan fingerprint density at radius 3 is 2.01 bits per heavy atom. The predicted molar refractivity (Wildman–Crippen MR) is 471 cm³/mol. The number of unbranched alkanes of at least 4 members (excludes halogenated alkanes) is 1. The van der Waals surface area contributed by atoms with E-state index >= 15 is 0 Å². The molecule has 9 rings (SSSR count).